The van der Waals surface area contributed by atoms with E-state index in [1.165, 1.54) is 0 Å². The fourth-order valence-electron chi connectivity index (χ4n) is 2.08. The van der Waals surface area contributed by atoms with E-state index >= 15 is 0 Å². The number of hydrogen-bond acceptors (Lipinski definition) is 4. The molecule has 2 aromatic rings. The number of aryl methyl sites for hydroxylation is 1. The molecule has 1 aliphatic rings. The van der Waals surface area contributed by atoms with Crippen molar-refractivity contribution in [3.63, 3.8) is 0 Å². The summed E-state index contributed by atoms with van der Waals surface area (Å²) >= 11 is 0. The van der Waals surface area contributed by atoms with E-state index in [0.717, 1.165) is 34.9 Å². The predicted octanol–water partition coefficient (Wildman–Crippen LogP) is 1.54. The second-order valence-electron chi connectivity index (χ2n) is 4.28. The summed E-state index contributed by atoms with van der Waals surface area (Å²) in [6.07, 6.45) is 4.46. The van der Waals surface area contributed by atoms with Crippen LogP contribution in [0.2, 0.25) is 0 Å². The first-order chi connectivity index (χ1) is 8.24. The topological polar surface area (TPSA) is 66.8 Å². The van der Waals surface area contributed by atoms with Crippen LogP contribution in [0.4, 0.5) is 0 Å². The number of hydrogen-bond donors (Lipinski definition) is 1. The van der Waals surface area contributed by atoms with Crippen molar-refractivity contribution in [3.05, 3.63) is 29.3 Å². The summed E-state index contributed by atoms with van der Waals surface area (Å²) in [5, 5.41) is 6.94. The van der Waals surface area contributed by atoms with Gasteiger partial charge in [0, 0.05) is 18.0 Å². The highest BCUT2D eigenvalue weighted by molar-refractivity contribution is 5.83. The Bertz CT molecular complexity index is 571. The van der Waals surface area contributed by atoms with Crippen molar-refractivity contribution in [2.24, 2.45) is 4.99 Å². The van der Waals surface area contributed by atoms with Crippen molar-refractivity contribution >= 4 is 6.21 Å². The Balaban J connectivity index is 2.22. The van der Waals surface area contributed by atoms with Crippen LogP contribution in [0.25, 0.3) is 11.4 Å². The van der Waals surface area contributed by atoms with Gasteiger partial charge in [0.2, 0.25) is 0 Å². The molecule has 1 unspecified atom stereocenters. The van der Waals surface area contributed by atoms with Crippen LogP contribution in [0.15, 0.2) is 17.3 Å². The van der Waals surface area contributed by atoms with Crippen molar-refractivity contribution in [2.45, 2.75) is 26.3 Å². The number of nitrogens with zero attached hydrogens (tertiary/aromatic N) is 4. The summed E-state index contributed by atoms with van der Waals surface area (Å²) in [6, 6.07) is 2.22. The second-order valence-corrected chi connectivity index (χ2v) is 4.28. The van der Waals surface area contributed by atoms with Gasteiger partial charge in [-0.25, -0.2) is 9.97 Å². The monoisotopic (exact) mass is 227 g/mol. The Morgan fingerprint density at radius 3 is 3.00 bits per heavy atom. The molecule has 0 aliphatic carbocycles. The van der Waals surface area contributed by atoms with E-state index < -0.39 is 0 Å². The molecule has 1 atom stereocenters. The molecule has 0 spiro atoms. The summed E-state index contributed by atoms with van der Waals surface area (Å²) in [5.74, 6) is 0.759. The van der Waals surface area contributed by atoms with Gasteiger partial charge in [0.1, 0.15) is 5.82 Å². The van der Waals surface area contributed by atoms with Gasteiger partial charge in [-0.1, -0.05) is 0 Å². The summed E-state index contributed by atoms with van der Waals surface area (Å²) < 4.78 is 0. The Labute approximate surface area is 99.0 Å². The Morgan fingerprint density at radius 1 is 1.35 bits per heavy atom. The van der Waals surface area contributed by atoms with Crippen LogP contribution in [0, 0.1) is 6.92 Å². The Hall–Kier alpha value is -2.04. The quantitative estimate of drug-likeness (QED) is 0.803. The molecule has 0 fully saturated rings. The van der Waals surface area contributed by atoms with E-state index in [1.54, 1.807) is 6.20 Å². The first-order valence-electron chi connectivity index (χ1n) is 5.64. The molecule has 5 nitrogen and oxygen atoms in total. The molecule has 0 saturated carbocycles. The zero-order chi connectivity index (χ0) is 11.8. The van der Waals surface area contributed by atoms with Crippen molar-refractivity contribution in [2.75, 3.05) is 0 Å². The lowest BCUT2D eigenvalue weighted by atomic mass is 9.99. The molecule has 86 valence electrons. The van der Waals surface area contributed by atoms with Crippen molar-refractivity contribution in [1.82, 2.24) is 20.2 Å². The molecule has 3 heterocycles. The van der Waals surface area contributed by atoms with Gasteiger partial charge in [-0.05, 0) is 26.3 Å². The van der Waals surface area contributed by atoms with Crippen LogP contribution in [0.3, 0.4) is 0 Å². The summed E-state index contributed by atoms with van der Waals surface area (Å²) in [7, 11) is 0. The molecule has 0 radical (unpaired) electrons. The maximum absolute atomic E-state index is 4.52. The molecule has 1 aliphatic heterocycles. The average Bonchev–Trinajstić information content (AvgIpc) is 2.82. The normalized spacial score (nSPS) is 18.1. The first-order valence-corrected chi connectivity index (χ1v) is 5.64. The van der Waals surface area contributed by atoms with Crippen LogP contribution in [-0.4, -0.2) is 32.4 Å². The van der Waals surface area contributed by atoms with Crippen molar-refractivity contribution < 1.29 is 0 Å². The molecule has 1 N–H and O–H groups in total. The average molecular weight is 227 g/mol. The molecule has 17 heavy (non-hydrogen) atoms. The van der Waals surface area contributed by atoms with Gasteiger partial charge in [-0.15, -0.1) is 0 Å². The molecule has 3 rings (SSSR count). The number of aromatic amines is 1. The number of rotatable bonds is 1. The number of fused-ring (bicyclic) bond motifs is 1. The van der Waals surface area contributed by atoms with E-state index in [0.29, 0.717) is 0 Å². The summed E-state index contributed by atoms with van der Waals surface area (Å²) in [6.45, 7) is 3.99. The van der Waals surface area contributed by atoms with Crippen LogP contribution < -0.4 is 0 Å². The van der Waals surface area contributed by atoms with Gasteiger partial charge in [-0.2, -0.15) is 5.10 Å². The fraction of sp³-hybridized carbons (Fsp3) is 0.333. The molecular weight excluding hydrogens is 214 g/mol. The number of aromatic nitrogens is 4. The largest absolute Gasteiger partial charge is 0.288 e. The zero-order valence-corrected chi connectivity index (χ0v) is 9.81. The third-order valence-corrected chi connectivity index (χ3v) is 2.86. The van der Waals surface area contributed by atoms with Gasteiger partial charge in [0.25, 0.3) is 0 Å². The molecular formula is C12H13N5. The smallest absolute Gasteiger partial charge is 0.126 e. The van der Waals surface area contributed by atoms with Crippen LogP contribution in [-0.2, 0) is 6.42 Å². The summed E-state index contributed by atoms with van der Waals surface area (Å²) in [4.78, 5) is 13.3. The van der Waals surface area contributed by atoms with Gasteiger partial charge in [-0.3, -0.25) is 10.1 Å². The van der Waals surface area contributed by atoms with Gasteiger partial charge < -0.3 is 0 Å². The molecule has 0 saturated heterocycles. The minimum absolute atomic E-state index is 0.287. The molecule has 2 aromatic heterocycles. The van der Waals surface area contributed by atoms with E-state index in [2.05, 4.69) is 32.1 Å². The minimum atomic E-state index is 0.287. The minimum Gasteiger partial charge on any atom is -0.288 e. The fourth-order valence-corrected chi connectivity index (χ4v) is 2.08. The lowest BCUT2D eigenvalue weighted by Gasteiger charge is -2.17. The first kappa shape index (κ1) is 10.1. The summed E-state index contributed by atoms with van der Waals surface area (Å²) in [5.41, 5.74) is 3.97. The predicted molar refractivity (Wildman–Crippen MR) is 65.1 cm³/mol. The number of nitrogens with one attached hydrogen (secondary N) is 1. The highest BCUT2D eigenvalue weighted by atomic mass is 15.1. The third kappa shape index (κ3) is 1.73. The highest BCUT2D eigenvalue weighted by Crippen LogP contribution is 2.25. The maximum Gasteiger partial charge on any atom is 0.126 e. The van der Waals surface area contributed by atoms with Gasteiger partial charge in [0.05, 0.1) is 23.1 Å². The molecule has 0 amide bonds. The lowest BCUT2D eigenvalue weighted by Crippen LogP contribution is -2.16. The zero-order valence-electron chi connectivity index (χ0n) is 9.81. The molecule has 0 bridgehead atoms. The van der Waals surface area contributed by atoms with Gasteiger partial charge >= 0.3 is 0 Å². The van der Waals surface area contributed by atoms with Gasteiger partial charge in [0.15, 0.2) is 0 Å². The standard InChI is InChI=1S/C12H13N5/c1-7-5-9-11(6-13-7)15-8(2)16-12(9)10-3-4-14-17-10/h3-4,6-7H,5H2,1-2H3,(H,14,17). The highest BCUT2D eigenvalue weighted by Gasteiger charge is 2.19. The lowest BCUT2D eigenvalue weighted by molar-refractivity contribution is 0.722. The van der Waals surface area contributed by atoms with Crippen molar-refractivity contribution in [3.8, 4) is 11.4 Å². The number of H-pyrrole nitrogens is 1. The molecule has 5 heteroatoms. The van der Waals surface area contributed by atoms with Crippen LogP contribution in [0.5, 0.6) is 0 Å². The third-order valence-electron chi connectivity index (χ3n) is 2.86. The Kier molecular flexibility index (Phi) is 2.24. The van der Waals surface area contributed by atoms with Crippen molar-refractivity contribution in [1.29, 1.82) is 0 Å². The second kappa shape index (κ2) is 3.76. The Morgan fingerprint density at radius 2 is 2.24 bits per heavy atom. The van der Waals surface area contributed by atoms with E-state index in [4.69, 9.17) is 0 Å². The van der Waals surface area contributed by atoms with Crippen LogP contribution in [0.1, 0.15) is 24.0 Å². The van der Waals surface area contributed by atoms with E-state index in [1.807, 2.05) is 19.2 Å². The van der Waals surface area contributed by atoms with Crippen LogP contribution >= 0.6 is 0 Å². The maximum atomic E-state index is 4.52. The number of aliphatic imine (C=N–C) groups is 1. The van der Waals surface area contributed by atoms with E-state index in [-0.39, 0.29) is 6.04 Å². The SMILES string of the molecule is Cc1nc2c(c(-c3ccn[nH]3)n1)CC(C)N=C2. The van der Waals surface area contributed by atoms with E-state index in [9.17, 15) is 0 Å². The molecule has 0 aromatic carbocycles.